The number of nitrogens with zero attached hydrogens (tertiary/aromatic N) is 1. The maximum atomic E-state index is 13.0. The molecule has 1 aliphatic heterocycles. The second kappa shape index (κ2) is 7.96. The minimum absolute atomic E-state index is 0.0885. The smallest absolute Gasteiger partial charge is 0.408 e. The first-order valence-electron chi connectivity index (χ1n) is 8.77. The summed E-state index contributed by atoms with van der Waals surface area (Å²) < 4.78 is 5.14. The number of hydrogen-bond donors (Lipinski definition) is 3. The average molecular weight is 378 g/mol. The zero-order chi connectivity index (χ0) is 20.4. The Bertz CT molecular complexity index is 725. The van der Waals surface area contributed by atoms with Crippen molar-refractivity contribution < 1.29 is 29.3 Å². The molecule has 8 heteroatoms. The molecule has 1 aromatic rings. The van der Waals surface area contributed by atoms with E-state index in [-0.39, 0.29) is 13.0 Å². The van der Waals surface area contributed by atoms with Gasteiger partial charge in [-0.05, 0) is 38.8 Å². The van der Waals surface area contributed by atoms with Gasteiger partial charge in [0.2, 0.25) is 5.91 Å². The number of rotatable bonds is 4. The minimum atomic E-state index is -1.31. The lowest BCUT2D eigenvalue weighted by atomic mass is 9.93. The summed E-state index contributed by atoms with van der Waals surface area (Å²) in [6, 6.07) is 4.90. The molecule has 0 saturated carbocycles. The summed E-state index contributed by atoms with van der Waals surface area (Å²) in [6.45, 7) is 6.47. The van der Waals surface area contributed by atoms with Gasteiger partial charge >= 0.3 is 12.1 Å². The fraction of sp³-hybridized carbons (Fsp3) is 0.526. The van der Waals surface area contributed by atoms with Gasteiger partial charge in [-0.25, -0.2) is 9.59 Å². The Labute approximate surface area is 158 Å². The van der Waals surface area contributed by atoms with Crippen molar-refractivity contribution in [2.45, 2.75) is 64.4 Å². The van der Waals surface area contributed by atoms with Crippen LogP contribution in [0.25, 0.3) is 0 Å². The number of carbonyl (C=O) groups is 3. The molecule has 0 fully saturated rings. The Morgan fingerprint density at radius 2 is 1.81 bits per heavy atom. The molecule has 0 bridgehead atoms. The highest BCUT2D eigenvalue weighted by Gasteiger charge is 2.39. The van der Waals surface area contributed by atoms with E-state index < -0.39 is 41.8 Å². The largest absolute Gasteiger partial charge is 0.480 e. The molecular weight excluding hydrogens is 352 g/mol. The van der Waals surface area contributed by atoms with Crippen molar-refractivity contribution in [1.29, 1.82) is 0 Å². The van der Waals surface area contributed by atoms with Gasteiger partial charge in [0.05, 0.1) is 6.10 Å². The molecule has 1 aliphatic rings. The molecule has 27 heavy (non-hydrogen) atoms. The highest BCUT2D eigenvalue weighted by atomic mass is 16.6. The van der Waals surface area contributed by atoms with Crippen LogP contribution in [0, 0.1) is 0 Å². The first kappa shape index (κ1) is 20.7. The molecule has 1 aromatic carbocycles. The summed E-state index contributed by atoms with van der Waals surface area (Å²) in [5.41, 5.74) is 0.928. The summed E-state index contributed by atoms with van der Waals surface area (Å²) in [4.78, 5) is 37.9. The van der Waals surface area contributed by atoms with Crippen molar-refractivity contribution in [3.8, 4) is 0 Å². The van der Waals surface area contributed by atoms with Crippen LogP contribution in [0.1, 0.15) is 38.8 Å². The fourth-order valence-corrected chi connectivity index (χ4v) is 2.98. The van der Waals surface area contributed by atoms with E-state index in [2.05, 4.69) is 5.32 Å². The number of carbonyl (C=O) groups excluding carboxylic acids is 2. The Morgan fingerprint density at radius 1 is 1.22 bits per heavy atom. The topological polar surface area (TPSA) is 116 Å². The van der Waals surface area contributed by atoms with E-state index in [0.29, 0.717) is 0 Å². The lowest BCUT2D eigenvalue weighted by Crippen LogP contribution is -2.59. The van der Waals surface area contributed by atoms with Gasteiger partial charge in [-0.15, -0.1) is 0 Å². The van der Waals surface area contributed by atoms with Crippen molar-refractivity contribution in [3.63, 3.8) is 0 Å². The first-order valence-corrected chi connectivity index (χ1v) is 8.77. The molecule has 3 atom stereocenters. The van der Waals surface area contributed by atoms with Gasteiger partial charge in [-0.1, -0.05) is 24.3 Å². The molecule has 2 unspecified atom stereocenters. The van der Waals surface area contributed by atoms with Crippen LogP contribution in [0.3, 0.4) is 0 Å². The summed E-state index contributed by atoms with van der Waals surface area (Å²) >= 11 is 0. The van der Waals surface area contributed by atoms with Crippen LogP contribution < -0.4 is 5.32 Å². The maximum absolute atomic E-state index is 13.0. The molecule has 0 aromatic heterocycles. The van der Waals surface area contributed by atoms with E-state index in [0.717, 1.165) is 11.1 Å². The molecule has 3 N–H and O–H groups in total. The normalized spacial score (nSPS) is 18.9. The number of aliphatic hydroxyl groups is 1. The third-order valence-corrected chi connectivity index (χ3v) is 4.24. The third kappa shape index (κ3) is 5.19. The first-order chi connectivity index (χ1) is 12.5. The van der Waals surface area contributed by atoms with Crippen molar-refractivity contribution >= 4 is 18.0 Å². The lowest BCUT2D eigenvalue weighted by molar-refractivity contribution is -0.153. The Morgan fingerprint density at radius 3 is 2.33 bits per heavy atom. The lowest BCUT2D eigenvalue weighted by Gasteiger charge is -2.37. The van der Waals surface area contributed by atoms with Crippen LogP contribution in [-0.2, 0) is 27.3 Å². The Kier molecular flexibility index (Phi) is 6.10. The number of hydrogen-bond acceptors (Lipinski definition) is 5. The van der Waals surface area contributed by atoms with Crippen molar-refractivity contribution in [2.24, 2.45) is 0 Å². The monoisotopic (exact) mass is 378 g/mol. The summed E-state index contributed by atoms with van der Waals surface area (Å²) in [5.74, 6) is -1.81. The maximum Gasteiger partial charge on any atom is 0.408 e. The third-order valence-electron chi connectivity index (χ3n) is 4.24. The predicted octanol–water partition coefficient (Wildman–Crippen LogP) is 1.30. The highest BCUT2D eigenvalue weighted by Crippen LogP contribution is 2.24. The van der Waals surface area contributed by atoms with Gasteiger partial charge in [0.15, 0.2) is 0 Å². The van der Waals surface area contributed by atoms with Gasteiger partial charge < -0.3 is 25.2 Å². The molecule has 0 saturated heterocycles. The quantitative estimate of drug-likeness (QED) is 0.727. The molecule has 8 nitrogen and oxygen atoms in total. The van der Waals surface area contributed by atoms with E-state index >= 15 is 0 Å². The molecule has 2 rings (SSSR count). The second-order valence-corrected chi connectivity index (χ2v) is 7.66. The van der Waals surface area contributed by atoms with E-state index in [1.165, 1.54) is 11.8 Å². The molecule has 148 valence electrons. The van der Waals surface area contributed by atoms with Gasteiger partial charge in [0, 0.05) is 13.0 Å². The van der Waals surface area contributed by atoms with Crippen LogP contribution >= 0.6 is 0 Å². The number of carboxylic acids is 1. The molecule has 0 aliphatic carbocycles. The molecule has 1 heterocycles. The van der Waals surface area contributed by atoms with Gasteiger partial charge in [0.25, 0.3) is 0 Å². The van der Waals surface area contributed by atoms with E-state index in [1.54, 1.807) is 20.8 Å². The van der Waals surface area contributed by atoms with E-state index in [9.17, 15) is 24.6 Å². The standard InChI is InChI=1S/C19H26N2O6/c1-11(22)15(20-18(26)27-19(2,3)4)16(23)21-10-13-8-6-5-7-12(13)9-14(21)17(24)25/h5-8,11,14-15,22H,9-10H2,1-4H3,(H,20,26)(H,24,25)/t11?,14-,15?/m1/s1. The number of carboxylic acid groups (broad SMARTS) is 1. The van der Waals surface area contributed by atoms with Crippen molar-refractivity contribution in [1.82, 2.24) is 10.2 Å². The number of benzene rings is 1. The molecule has 0 spiro atoms. The number of fused-ring (bicyclic) bond motifs is 1. The van der Waals surface area contributed by atoms with Gasteiger partial charge in [-0.2, -0.15) is 0 Å². The highest BCUT2D eigenvalue weighted by molar-refractivity contribution is 5.90. The van der Waals surface area contributed by atoms with Crippen molar-refractivity contribution in [2.75, 3.05) is 0 Å². The van der Waals surface area contributed by atoms with Crippen LogP contribution in [0.2, 0.25) is 0 Å². The van der Waals surface area contributed by atoms with Gasteiger partial charge in [0.1, 0.15) is 17.7 Å². The Balaban J connectivity index is 2.25. The number of aliphatic hydroxyl groups excluding tert-OH is 1. The van der Waals surface area contributed by atoms with Gasteiger partial charge in [-0.3, -0.25) is 4.79 Å². The summed E-state index contributed by atoms with van der Waals surface area (Å²) in [7, 11) is 0. The van der Waals surface area contributed by atoms with Crippen LogP contribution in [-0.4, -0.2) is 56.9 Å². The fourth-order valence-electron chi connectivity index (χ4n) is 2.98. The van der Waals surface area contributed by atoms with E-state index in [4.69, 9.17) is 4.74 Å². The number of alkyl carbamates (subject to hydrolysis) is 1. The van der Waals surface area contributed by atoms with E-state index in [1.807, 2.05) is 24.3 Å². The summed E-state index contributed by atoms with van der Waals surface area (Å²) in [6.07, 6.45) is -1.92. The van der Waals surface area contributed by atoms with Crippen molar-refractivity contribution in [3.05, 3.63) is 35.4 Å². The minimum Gasteiger partial charge on any atom is -0.480 e. The summed E-state index contributed by atoms with van der Waals surface area (Å²) in [5, 5.41) is 21.9. The number of amides is 2. The predicted molar refractivity (Wildman–Crippen MR) is 97.0 cm³/mol. The number of nitrogens with one attached hydrogen (secondary N) is 1. The molecule has 2 amide bonds. The van der Waals surface area contributed by atoms with Crippen LogP contribution in [0.5, 0.6) is 0 Å². The zero-order valence-corrected chi connectivity index (χ0v) is 15.9. The number of ether oxygens (including phenoxy) is 1. The number of aliphatic carboxylic acids is 1. The van der Waals surface area contributed by atoms with Crippen LogP contribution in [0.15, 0.2) is 24.3 Å². The Hall–Kier alpha value is -2.61. The molecule has 0 radical (unpaired) electrons. The second-order valence-electron chi connectivity index (χ2n) is 7.66. The zero-order valence-electron chi connectivity index (χ0n) is 15.9. The average Bonchev–Trinajstić information content (AvgIpc) is 2.56. The molecular formula is C19H26N2O6. The van der Waals surface area contributed by atoms with Crippen LogP contribution in [0.4, 0.5) is 4.79 Å². The SMILES string of the molecule is CC(O)C(NC(=O)OC(C)(C)C)C(=O)N1Cc2ccccc2C[C@@H]1C(=O)O.